The van der Waals surface area contributed by atoms with Crippen LogP contribution < -0.4 is 5.73 Å². The summed E-state index contributed by atoms with van der Waals surface area (Å²) in [4.78, 5) is 13.4. The lowest BCUT2D eigenvalue weighted by Crippen LogP contribution is -2.57. The largest absolute Gasteiger partial charge is 0.506 e. The first-order valence-electron chi connectivity index (χ1n) is 4.61. The first-order chi connectivity index (χ1) is 7.08. The van der Waals surface area contributed by atoms with Crippen molar-refractivity contribution in [1.29, 1.82) is 0 Å². The van der Waals surface area contributed by atoms with E-state index in [2.05, 4.69) is 0 Å². The Morgan fingerprint density at radius 3 is 2.73 bits per heavy atom. The Hall–Kier alpha value is -1.26. The average molecular weight is 227 g/mol. The van der Waals surface area contributed by atoms with Gasteiger partial charge >= 0.3 is 0 Å². The van der Waals surface area contributed by atoms with Gasteiger partial charge in [-0.3, -0.25) is 4.79 Å². The third-order valence-corrected chi connectivity index (χ3v) is 2.69. The van der Waals surface area contributed by atoms with Gasteiger partial charge in [0.2, 0.25) is 0 Å². The second kappa shape index (κ2) is 3.72. The van der Waals surface area contributed by atoms with Gasteiger partial charge in [-0.15, -0.1) is 0 Å². The van der Waals surface area contributed by atoms with Crippen LogP contribution in [-0.2, 0) is 0 Å². The molecule has 15 heavy (non-hydrogen) atoms. The zero-order chi connectivity index (χ0) is 11.0. The number of hydrogen-bond donors (Lipinski definition) is 2. The number of phenols is 1. The van der Waals surface area contributed by atoms with E-state index in [-0.39, 0.29) is 22.7 Å². The lowest BCUT2D eigenvalue weighted by Gasteiger charge is -2.36. The van der Waals surface area contributed by atoms with Gasteiger partial charge in [0.15, 0.2) is 0 Å². The lowest BCUT2D eigenvalue weighted by molar-refractivity contribution is 0.0608. The molecule has 0 spiro atoms. The normalized spacial score (nSPS) is 16.3. The molecule has 1 saturated heterocycles. The fourth-order valence-corrected chi connectivity index (χ4v) is 1.68. The molecule has 1 aromatic rings. The number of carbonyl (C=O) groups excluding carboxylic acids is 1. The number of halogens is 1. The van der Waals surface area contributed by atoms with Crippen molar-refractivity contribution >= 4 is 17.5 Å². The zero-order valence-electron chi connectivity index (χ0n) is 7.98. The van der Waals surface area contributed by atoms with Crippen LogP contribution in [0.2, 0.25) is 5.02 Å². The van der Waals surface area contributed by atoms with Crippen LogP contribution in [0, 0.1) is 0 Å². The molecule has 80 valence electrons. The van der Waals surface area contributed by atoms with Crippen molar-refractivity contribution < 1.29 is 9.90 Å². The summed E-state index contributed by atoms with van der Waals surface area (Å²) >= 11 is 5.71. The van der Waals surface area contributed by atoms with E-state index in [4.69, 9.17) is 17.3 Å². The van der Waals surface area contributed by atoms with E-state index in [0.29, 0.717) is 18.7 Å². The van der Waals surface area contributed by atoms with Crippen LogP contribution in [0.1, 0.15) is 10.4 Å². The standard InChI is InChI=1S/C10H11ClN2O2/c11-8-3-6(1-2-9(8)14)10(15)13-4-7(12)5-13/h1-3,7,14H,4-5,12H2. The van der Waals surface area contributed by atoms with Crippen molar-refractivity contribution in [3.8, 4) is 5.75 Å². The van der Waals surface area contributed by atoms with E-state index in [1.807, 2.05) is 0 Å². The molecule has 0 unspecified atom stereocenters. The van der Waals surface area contributed by atoms with Gasteiger partial charge in [0, 0.05) is 24.7 Å². The summed E-state index contributed by atoms with van der Waals surface area (Å²) in [5.74, 6) is -0.118. The molecule has 0 saturated carbocycles. The maximum atomic E-state index is 11.8. The van der Waals surface area contributed by atoms with E-state index in [1.165, 1.54) is 12.1 Å². The van der Waals surface area contributed by atoms with E-state index < -0.39 is 0 Å². The van der Waals surface area contributed by atoms with Gasteiger partial charge < -0.3 is 15.7 Å². The van der Waals surface area contributed by atoms with E-state index in [1.54, 1.807) is 11.0 Å². The number of phenolic OH excluding ortho intramolecular Hbond substituents is 1. The molecule has 0 radical (unpaired) electrons. The summed E-state index contributed by atoms with van der Waals surface area (Å²) in [5.41, 5.74) is 6.06. The molecule has 5 heteroatoms. The van der Waals surface area contributed by atoms with Crippen LogP contribution in [0.5, 0.6) is 5.75 Å². The third-order valence-electron chi connectivity index (χ3n) is 2.39. The molecule has 4 nitrogen and oxygen atoms in total. The number of nitrogens with zero attached hydrogens (tertiary/aromatic N) is 1. The number of amides is 1. The highest BCUT2D eigenvalue weighted by Crippen LogP contribution is 2.24. The number of benzene rings is 1. The average Bonchev–Trinajstić information content (AvgIpc) is 2.16. The van der Waals surface area contributed by atoms with Crippen LogP contribution in [-0.4, -0.2) is 35.0 Å². The fraction of sp³-hybridized carbons (Fsp3) is 0.300. The quantitative estimate of drug-likeness (QED) is 0.746. The minimum atomic E-state index is -0.0985. The van der Waals surface area contributed by atoms with Crippen LogP contribution in [0.3, 0.4) is 0 Å². The highest BCUT2D eigenvalue weighted by atomic mass is 35.5. The molecule has 1 aliphatic heterocycles. The summed E-state index contributed by atoms with van der Waals surface area (Å²) in [6, 6.07) is 4.51. The number of aromatic hydroxyl groups is 1. The molecule has 0 aliphatic carbocycles. The topological polar surface area (TPSA) is 66.6 Å². The maximum absolute atomic E-state index is 11.8. The van der Waals surface area contributed by atoms with Crippen molar-refractivity contribution in [1.82, 2.24) is 4.90 Å². The van der Waals surface area contributed by atoms with Crippen molar-refractivity contribution in [2.75, 3.05) is 13.1 Å². The number of hydrogen-bond acceptors (Lipinski definition) is 3. The highest BCUT2D eigenvalue weighted by Gasteiger charge is 2.28. The van der Waals surface area contributed by atoms with Crippen LogP contribution in [0.4, 0.5) is 0 Å². The van der Waals surface area contributed by atoms with Crippen LogP contribution >= 0.6 is 11.6 Å². The van der Waals surface area contributed by atoms with Gasteiger partial charge in [-0.1, -0.05) is 11.6 Å². The van der Waals surface area contributed by atoms with Gasteiger partial charge in [0.1, 0.15) is 5.75 Å². The van der Waals surface area contributed by atoms with Gasteiger partial charge in [0.05, 0.1) is 5.02 Å². The molecular weight excluding hydrogens is 216 g/mol. The second-order valence-electron chi connectivity index (χ2n) is 3.64. The molecular formula is C10H11ClN2O2. The Kier molecular flexibility index (Phi) is 2.54. The van der Waals surface area contributed by atoms with Crippen molar-refractivity contribution in [3.63, 3.8) is 0 Å². The molecule has 0 bridgehead atoms. The van der Waals surface area contributed by atoms with Crippen molar-refractivity contribution in [2.24, 2.45) is 5.73 Å². The van der Waals surface area contributed by atoms with Gasteiger partial charge in [0.25, 0.3) is 5.91 Å². The molecule has 1 aromatic carbocycles. The SMILES string of the molecule is NC1CN(C(=O)c2ccc(O)c(Cl)c2)C1. The first kappa shape index (κ1) is 10.3. The first-order valence-corrected chi connectivity index (χ1v) is 4.99. The van der Waals surface area contributed by atoms with Crippen molar-refractivity contribution in [2.45, 2.75) is 6.04 Å². The molecule has 2 rings (SSSR count). The number of nitrogens with two attached hydrogens (primary N) is 1. The Balaban J connectivity index is 2.16. The van der Waals surface area contributed by atoms with E-state index in [9.17, 15) is 9.90 Å². The highest BCUT2D eigenvalue weighted by molar-refractivity contribution is 6.32. The van der Waals surface area contributed by atoms with Gasteiger partial charge in [-0.05, 0) is 18.2 Å². The molecule has 1 aliphatic rings. The molecule has 0 atom stereocenters. The lowest BCUT2D eigenvalue weighted by atomic mass is 10.1. The number of rotatable bonds is 1. The fourth-order valence-electron chi connectivity index (χ4n) is 1.50. The minimum Gasteiger partial charge on any atom is -0.506 e. The zero-order valence-corrected chi connectivity index (χ0v) is 8.74. The predicted molar refractivity (Wildman–Crippen MR) is 57.0 cm³/mol. The Bertz CT molecular complexity index is 402. The monoisotopic (exact) mass is 226 g/mol. The smallest absolute Gasteiger partial charge is 0.254 e. The Labute approximate surface area is 92.2 Å². The Morgan fingerprint density at radius 2 is 2.20 bits per heavy atom. The summed E-state index contributed by atoms with van der Waals surface area (Å²) in [6.45, 7) is 1.16. The van der Waals surface area contributed by atoms with Crippen LogP contribution in [0.25, 0.3) is 0 Å². The van der Waals surface area contributed by atoms with Crippen LogP contribution in [0.15, 0.2) is 18.2 Å². The second-order valence-corrected chi connectivity index (χ2v) is 4.04. The summed E-state index contributed by atoms with van der Waals surface area (Å²) in [5, 5.41) is 9.39. The summed E-state index contributed by atoms with van der Waals surface area (Å²) in [6.07, 6.45) is 0. The minimum absolute atomic E-state index is 0.0199. The van der Waals surface area contributed by atoms with E-state index >= 15 is 0 Å². The van der Waals surface area contributed by atoms with Gasteiger partial charge in [-0.2, -0.15) is 0 Å². The number of carbonyl (C=O) groups is 1. The number of likely N-dealkylation sites (tertiary alicyclic amines) is 1. The molecule has 3 N–H and O–H groups in total. The van der Waals surface area contributed by atoms with Gasteiger partial charge in [-0.25, -0.2) is 0 Å². The predicted octanol–water partition coefficient (Wildman–Crippen LogP) is 0.829. The van der Waals surface area contributed by atoms with Crippen molar-refractivity contribution in [3.05, 3.63) is 28.8 Å². The molecule has 1 fully saturated rings. The Morgan fingerprint density at radius 1 is 1.53 bits per heavy atom. The van der Waals surface area contributed by atoms with E-state index in [0.717, 1.165) is 0 Å². The third kappa shape index (κ3) is 1.91. The summed E-state index contributed by atoms with van der Waals surface area (Å²) < 4.78 is 0. The molecule has 1 amide bonds. The summed E-state index contributed by atoms with van der Waals surface area (Å²) in [7, 11) is 0. The molecule has 1 heterocycles. The molecule has 0 aromatic heterocycles. The maximum Gasteiger partial charge on any atom is 0.254 e.